The highest BCUT2D eigenvalue weighted by molar-refractivity contribution is 7.11. The van der Waals surface area contributed by atoms with E-state index in [1.807, 2.05) is 0 Å². The van der Waals surface area contributed by atoms with Crippen molar-refractivity contribution in [2.45, 2.75) is 45.8 Å². The van der Waals surface area contributed by atoms with Crippen LogP contribution in [0.25, 0.3) is 0 Å². The van der Waals surface area contributed by atoms with Gasteiger partial charge in [-0.25, -0.2) is 28.9 Å². The Morgan fingerprint density at radius 3 is 2.35 bits per heavy atom. The van der Waals surface area contributed by atoms with Gasteiger partial charge in [0.05, 0.1) is 12.7 Å². The van der Waals surface area contributed by atoms with E-state index in [4.69, 9.17) is 14.5 Å². The zero-order valence-electron chi connectivity index (χ0n) is 18.2. The van der Waals surface area contributed by atoms with Crippen LogP contribution in [0, 0.1) is 5.82 Å². The highest BCUT2D eigenvalue weighted by atomic mass is 32.1. The fourth-order valence-electron chi connectivity index (χ4n) is 3.38. The van der Waals surface area contributed by atoms with Crippen LogP contribution in [0.5, 0.6) is 0 Å². The van der Waals surface area contributed by atoms with Crippen molar-refractivity contribution in [3.05, 3.63) is 63.5 Å². The van der Waals surface area contributed by atoms with E-state index in [2.05, 4.69) is 4.98 Å². The molecule has 2 heterocycles. The lowest BCUT2D eigenvalue weighted by molar-refractivity contribution is -0.137. The minimum Gasteiger partial charge on any atom is -0.466 e. The molecule has 1 aromatic carbocycles. The first-order valence-corrected chi connectivity index (χ1v) is 10.4. The summed E-state index contributed by atoms with van der Waals surface area (Å²) in [7, 11) is 1.26. The van der Waals surface area contributed by atoms with E-state index in [1.165, 1.54) is 35.5 Å². The summed E-state index contributed by atoms with van der Waals surface area (Å²) in [6, 6.07) is 5.70. The average molecular weight is 446 g/mol. The number of carbonyl (C=O) groups excluding carboxylic acids is 2. The van der Waals surface area contributed by atoms with Gasteiger partial charge in [0.2, 0.25) is 0 Å². The summed E-state index contributed by atoms with van der Waals surface area (Å²) in [6.07, 6.45) is 0.904. The SMILES string of the molecule is COC(=O)C1=C(C)N(C(=O)OC(C)(C)C)C(c2nccs2)=NC1(C)c1ccc(F)cc1. The molecule has 9 heteroatoms. The number of esters is 1. The van der Waals surface area contributed by atoms with Crippen molar-refractivity contribution in [2.24, 2.45) is 4.99 Å². The molecule has 1 amide bonds. The number of ether oxygens (including phenoxy) is 2. The third-order valence-electron chi connectivity index (χ3n) is 4.72. The number of nitrogens with zero attached hydrogens (tertiary/aromatic N) is 3. The first-order valence-electron chi connectivity index (χ1n) is 9.56. The summed E-state index contributed by atoms with van der Waals surface area (Å²) in [5.74, 6) is -0.830. The zero-order valence-corrected chi connectivity index (χ0v) is 19.0. The number of benzene rings is 1. The lowest BCUT2D eigenvalue weighted by atomic mass is 9.82. The highest BCUT2D eigenvalue weighted by Crippen LogP contribution is 2.42. The van der Waals surface area contributed by atoms with Crippen LogP contribution in [0.2, 0.25) is 0 Å². The number of amidine groups is 1. The molecule has 1 aromatic heterocycles. The first kappa shape index (κ1) is 22.6. The Kier molecular flexibility index (Phi) is 6.00. The normalized spacial score (nSPS) is 19.2. The van der Waals surface area contributed by atoms with Crippen molar-refractivity contribution in [2.75, 3.05) is 7.11 Å². The summed E-state index contributed by atoms with van der Waals surface area (Å²) in [6.45, 7) is 8.59. The summed E-state index contributed by atoms with van der Waals surface area (Å²) < 4.78 is 24.2. The zero-order chi connectivity index (χ0) is 23.0. The van der Waals surface area contributed by atoms with Crippen LogP contribution in [0.15, 0.2) is 52.1 Å². The minimum atomic E-state index is -1.25. The van der Waals surface area contributed by atoms with E-state index in [1.54, 1.807) is 58.3 Å². The third-order valence-corrected chi connectivity index (χ3v) is 5.49. The first-order chi connectivity index (χ1) is 14.5. The lowest BCUT2D eigenvalue weighted by Gasteiger charge is -2.38. The summed E-state index contributed by atoms with van der Waals surface area (Å²) in [5.41, 5.74) is -1.01. The van der Waals surface area contributed by atoms with Crippen LogP contribution < -0.4 is 0 Å². The van der Waals surface area contributed by atoms with Gasteiger partial charge in [0.1, 0.15) is 17.0 Å². The molecule has 0 radical (unpaired) electrons. The monoisotopic (exact) mass is 445 g/mol. The van der Waals surface area contributed by atoms with Gasteiger partial charge >= 0.3 is 12.1 Å². The third kappa shape index (κ3) is 4.36. The number of aromatic nitrogens is 1. The van der Waals surface area contributed by atoms with Gasteiger partial charge in [0.15, 0.2) is 10.8 Å². The number of allylic oxidation sites excluding steroid dienone is 1. The van der Waals surface area contributed by atoms with Crippen molar-refractivity contribution in [1.29, 1.82) is 0 Å². The van der Waals surface area contributed by atoms with Crippen molar-refractivity contribution in [1.82, 2.24) is 9.88 Å². The van der Waals surface area contributed by atoms with Crippen LogP contribution in [0.1, 0.15) is 45.2 Å². The fourth-order valence-corrected chi connectivity index (χ4v) is 4.00. The number of methoxy groups -OCH3 is 1. The number of thiazole rings is 1. The standard InChI is InChI=1S/C22H24FN3O4S/c1-13-16(19(27)29-6)22(5,14-7-9-15(23)10-8-14)25-17(18-24-11-12-31-18)26(13)20(28)30-21(2,3)4/h7-12H,1-6H3. The molecule has 1 aliphatic rings. The molecule has 0 fully saturated rings. The van der Waals surface area contributed by atoms with Crippen LogP contribution in [0.4, 0.5) is 9.18 Å². The quantitative estimate of drug-likeness (QED) is 0.643. The number of hydrogen-bond donors (Lipinski definition) is 0. The van der Waals surface area contributed by atoms with Gasteiger partial charge < -0.3 is 9.47 Å². The molecule has 0 saturated carbocycles. The van der Waals surface area contributed by atoms with Gasteiger partial charge in [-0.1, -0.05) is 12.1 Å². The van der Waals surface area contributed by atoms with Gasteiger partial charge in [0, 0.05) is 17.3 Å². The second kappa shape index (κ2) is 8.22. The molecule has 0 spiro atoms. The van der Waals surface area contributed by atoms with E-state index >= 15 is 0 Å². The number of halogens is 1. The van der Waals surface area contributed by atoms with Crippen LogP contribution >= 0.6 is 11.3 Å². The maximum Gasteiger partial charge on any atom is 0.420 e. The number of aliphatic imine (C=N–C) groups is 1. The minimum absolute atomic E-state index is 0.146. The second-order valence-electron chi connectivity index (χ2n) is 8.12. The Bertz CT molecular complexity index is 1060. The molecule has 1 unspecified atom stereocenters. The van der Waals surface area contributed by atoms with Crippen molar-refractivity contribution >= 4 is 29.2 Å². The Labute approximate surface area is 184 Å². The second-order valence-corrected chi connectivity index (χ2v) is 9.01. The number of hydrogen-bond acceptors (Lipinski definition) is 7. The lowest BCUT2D eigenvalue weighted by Crippen LogP contribution is -2.47. The van der Waals surface area contributed by atoms with Gasteiger partial charge in [-0.15, -0.1) is 11.3 Å². The molecular weight excluding hydrogens is 421 g/mol. The molecule has 0 bridgehead atoms. The molecule has 3 rings (SSSR count). The Morgan fingerprint density at radius 1 is 1.19 bits per heavy atom. The maximum atomic E-state index is 13.6. The number of amides is 1. The van der Waals surface area contributed by atoms with E-state index in [0.29, 0.717) is 16.3 Å². The van der Waals surface area contributed by atoms with Gasteiger partial charge in [0.25, 0.3) is 0 Å². The van der Waals surface area contributed by atoms with Crippen molar-refractivity contribution in [3.63, 3.8) is 0 Å². The predicted octanol–water partition coefficient (Wildman–Crippen LogP) is 4.64. The molecule has 31 heavy (non-hydrogen) atoms. The summed E-state index contributed by atoms with van der Waals surface area (Å²) in [4.78, 5) is 36.3. The summed E-state index contributed by atoms with van der Waals surface area (Å²) >= 11 is 1.29. The van der Waals surface area contributed by atoms with E-state index in [9.17, 15) is 14.0 Å². The average Bonchev–Trinajstić information content (AvgIpc) is 3.21. The smallest absolute Gasteiger partial charge is 0.420 e. The largest absolute Gasteiger partial charge is 0.466 e. The molecule has 0 N–H and O–H groups in total. The van der Waals surface area contributed by atoms with E-state index in [0.717, 1.165) is 0 Å². The Hall–Kier alpha value is -3.07. The fraction of sp³-hybridized carbons (Fsp3) is 0.364. The maximum absolute atomic E-state index is 13.6. The van der Waals surface area contributed by atoms with Crippen LogP contribution in [-0.4, -0.2) is 40.5 Å². The van der Waals surface area contributed by atoms with Crippen LogP contribution in [0.3, 0.4) is 0 Å². The predicted molar refractivity (Wildman–Crippen MR) is 115 cm³/mol. The van der Waals surface area contributed by atoms with E-state index in [-0.39, 0.29) is 11.4 Å². The molecule has 1 aliphatic heterocycles. The molecule has 2 aromatic rings. The highest BCUT2D eigenvalue weighted by Gasteiger charge is 2.46. The molecule has 164 valence electrons. The van der Waals surface area contributed by atoms with Gasteiger partial charge in [-0.3, -0.25) is 0 Å². The Balaban J connectivity index is 2.28. The Morgan fingerprint density at radius 2 is 1.84 bits per heavy atom. The number of rotatable bonds is 3. The molecule has 0 aliphatic carbocycles. The van der Waals surface area contributed by atoms with E-state index < -0.39 is 29.0 Å². The summed E-state index contributed by atoms with van der Waals surface area (Å²) in [5, 5.41) is 2.23. The molecular formula is C22H24FN3O4S. The molecule has 0 saturated heterocycles. The van der Waals surface area contributed by atoms with Crippen LogP contribution in [-0.2, 0) is 19.8 Å². The number of carbonyl (C=O) groups is 2. The van der Waals surface area contributed by atoms with Crippen molar-refractivity contribution < 1.29 is 23.5 Å². The van der Waals surface area contributed by atoms with Gasteiger partial charge in [-0.05, 0) is 52.3 Å². The molecule has 1 atom stereocenters. The van der Waals surface area contributed by atoms with Gasteiger partial charge in [-0.2, -0.15) is 0 Å². The van der Waals surface area contributed by atoms with Crippen molar-refractivity contribution in [3.8, 4) is 0 Å². The topological polar surface area (TPSA) is 81.1 Å². The molecule has 7 nitrogen and oxygen atoms in total.